The van der Waals surface area contributed by atoms with Gasteiger partial charge in [0.15, 0.2) is 0 Å². The molecule has 0 amide bonds. The minimum absolute atomic E-state index is 0.248. The summed E-state index contributed by atoms with van der Waals surface area (Å²) in [5, 5.41) is 6.70. The van der Waals surface area contributed by atoms with Crippen molar-refractivity contribution in [2.75, 3.05) is 5.73 Å². The van der Waals surface area contributed by atoms with E-state index < -0.39 is 0 Å². The van der Waals surface area contributed by atoms with Crippen molar-refractivity contribution in [3.05, 3.63) is 60.4 Å². The number of nitrogens with two attached hydrogens (primary N) is 1. The lowest BCUT2D eigenvalue weighted by molar-refractivity contribution is 0.631. The molecule has 0 atom stereocenters. The lowest BCUT2D eigenvalue weighted by Crippen LogP contribution is -1.86. The summed E-state index contributed by atoms with van der Waals surface area (Å²) < 4.78 is 13.9. The Morgan fingerprint density at radius 2 is 1.74 bits per heavy atom. The minimum atomic E-state index is -0.248. The Labute approximate surface area is 109 Å². The number of hydrogen-bond acceptors (Lipinski definition) is 2. The standard InChI is InChI=1S/C15H12FN3/c16-13-7-6-11(14-9-15(17)19-18-14)8-12(13)10-4-2-1-3-5-10/h1-9H,(H3,17,18,19). The third-order valence-corrected chi connectivity index (χ3v) is 2.96. The second kappa shape index (κ2) is 4.57. The highest BCUT2D eigenvalue weighted by atomic mass is 19.1. The van der Waals surface area contributed by atoms with Crippen molar-refractivity contribution < 1.29 is 4.39 Å². The van der Waals surface area contributed by atoms with E-state index in [1.807, 2.05) is 30.3 Å². The van der Waals surface area contributed by atoms with Crippen molar-refractivity contribution in [1.29, 1.82) is 0 Å². The smallest absolute Gasteiger partial charge is 0.145 e. The second-order valence-corrected chi connectivity index (χ2v) is 4.27. The molecule has 0 unspecified atom stereocenters. The molecule has 0 saturated carbocycles. The molecule has 0 fully saturated rings. The van der Waals surface area contributed by atoms with E-state index in [2.05, 4.69) is 10.2 Å². The number of rotatable bonds is 2. The zero-order valence-electron chi connectivity index (χ0n) is 10.1. The van der Waals surface area contributed by atoms with E-state index in [9.17, 15) is 4.39 Å². The molecule has 0 radical (unpaired) electrons. The average Bonchev–Trinajstić information content (AvgIpc) is 2.87. The third kappa shape index (κ3) is 2.20. The highest BCUT2D eigenvalue weighted by molar-refractivity contribution is 5.72. The van der Waals surface area contributed by atoms with Gasteiger partial charge in [-0.1, -0.05) is 30.3 Å². The van der Waals surface area contributed by atoms with Crippen LogP contribution in [0, 0.1) is 5.82 Å². The van der Waals surface area contributed by atoms with Crippen LogP contribution in [0.5, 0.6) is 0 Å². The summed E-state index contributed by atoms with van der Waals surface area (Å²) in [6.07, 6.45) is 0. The van der Waals surface area contributed by atoms with Gasteiger partial charge >= 0.3 is 0 Å². The number of nitrogens with zero attached hydrogens (tertiary/aromatic N) is 1. The molecule has 3 N–H and O–H groups in total. The summed E-state index contributed by atoms with van der Waals surface area (Å²) in [7, 11) is 0. The van der Waals surface area contributed by atoms with Crippen LogP contribution in [0.3, 0.4) is 0 Å². The molecule has 4 heteroatoms. The van der Waals surface area contributed by atoms with Crippen LogP contribution in [-0.4, -0.2) is 10.2 Å². The minimum Gasteiger partial charge on any atom is -0.382 e. The van der Waals surface area contributed by atoms with Crippen LogP contribution in [0.4, 0.5) is 10.2 Å². The number of nitrogen functional groups attached to an aromatic ring is 1. The van der Waals surface area contributed by atoms with E-state index in [0.717, 1.165) is 16.8 Å². The van der Waals surface area contributed by atoms with Gasteiger partial charge in [0.2, 0.25) is 0 Å². The van der Waals surface area contributed by atoms with Crippen LogP contribution in [-0.2, 0) is 0 Å². The van der Waals surface area contributed by atoms with Gasteiger partial charge < -0.3 is 5.73 Å². The summed E-state index contributed by atoms with van der Waals surface area (Å²) in [5.74, 6) is 0.169. The van der Waals surface area contributed by atoms with Gasteiger partial charge in [0.05, 0.1) is 5.69 Å². The number of benzene rings is 2. The zero-order chi connectivity index (χ0) is 13.2. The van der Waals surface area contributed by atoms with Crippen LogP contribution in [0.15, 0.2) is 54.6 Å². The summed E-state index contributed by atoms with van der Waals surface area (Å²) in [6.45, 7) is 0. The molecule has 0 bridgehead atoms. The van der Waals surface area contributed by atoms with Crippen LogP contribution >= 0.6 is 0 Å². The largest absolute Gasteiger partial charge is 0.382 e. The first-order valence-electron chi connectivity index (χ1n) is 5.90. The van der Waals surface area contributed by atoms with Gasteiger partial charge in [-0.25, -0.2) is 4.39 Å². The van der Waals surface area contributed by atoms with Crippen LogP contribution in [0.2, 0.25) is 0 Å². The van der Waals surface area contributed by atoms with Gasteiger partial charge in [0, 0.05) is 17.2 Å². The monoisotopic (exact) mass is 253 g/mol. The topological polar surface area (TPSA) is 54.7 Å². The predicted molar refractivity (Wildman–Crippen MR) is 73.8 cm³/mol. The molecule has 2 aromatic carbocycles. The number of halogens is 1. The maximum Gasteiger partial charge on any atom is 0.145 e. The Kier molecular flexibility index (Phi) is 2.76. The first-order valence-corrected chi connectivity index (χ1v) is 5.90. The zero-order valence-corrected chi connectivity index (χ0v) is 10.1. The molecule has 0 aliphatic carbocycles. The molecule has 0 saturated heterocycles. The number of nitrogens with one attached hydrogen (secondary N) is 1. The fourth-order valence-electron chi connectivity index (χ4n) is 2.02. The number of hydrogen-bond donors (Lipinski definition) is 2. The molecule has 0 aliphatic rings. The fraction of sp³-hybridized carbons (Fsp3) is 0. The van der Waals surface area contributed by atoms with Crippen molar-refractivity contribution >= 4 is 5.82 Å². The van der Waals surface area contributed by atoms with Crippen LogP contribution in [0.25, 0.3) is 22.4 Å². The number of aromatic amines is 1. The Balaban J connectivity index is 2.11. The summed E-state index contributed by atoms with van der Waals surface area (Å²) in [6, 6.07) is 16.1. The van der Waals surface area contributed by atoms with Crippen LogP contribution in [0.1, 0.15) is 0 Å². The number of anilines is 1. The maximum absolute atomic E-state index is 13.9. The molecular formula is C15H12FN3. The van der Waals surface area contributed by atoms with Gasteiger partial charge in [-0.2, -0.15) is 5.10 Å². The van der Waals surface area contributed by atoms with E-state index >= 15 is 0 Å². The molecule has 0 spiro atoms. The van der Waals surface area contributed by atoms with E-state index in [4.69, 9.17) is 5.73 Å². The maximum atomic E-state index is 13.9. The van der Waals surface area contributed by atoms with Gasteiger partial charge in [0.1, 0.15) is 11.6 Å². The first kappa shape index (κ1) is 11.5. The molecule has 94 valence electrons. The van der Waals surface area contributed by atoms with Gasteiger partial charge in [0.25, 0.3) is 0 Å². The molecule has 3 rings (SSSR count). The van der Waals surface area contributed by atoms with Crippen molar-refractivity contribution in [2.24, 2.45) is 0 Å². The van der Waals surface area contributed by atoms with Gasteiger partial charge in [-0.15, -0.1) is 0 Å². The SMILES string of the molecule is Nc1cc(-c2ccc(F)c(-c3ccccc3)c2)[nH]n1. The summed E-state index contributed by atoms with van der Waals surface area (Å²) >= 11 is 0. The number of aromatic nitrogens is 2. The second-order valence-electron chi connectivity index (χ2n) is 4.27. The Bertz CT molecular complexity index is 704. The lowest BCUT2D eigenvalue weighted by atomic mass is 10.0. The number of H-pyrrole nitrogens is 1. The first-order chi connectivity index (χ1) is 9.24. The highest BCUT2D eigenvalue weighted by Gasteiger charge is 2.08. The van der Waals surface area contributed by atoms with Crippen molar-refractivity contribution in [3.8, 4) is 22.4 Å². The fourth-order valence-corrected chi connectivity index (χ4v) is 2.02. The molecule has 0 aliphatic heterocycles. The molecule has 19 heavy (non-hydrogen) atoms. The van der Waals surface area contributed by atoms with Gasteiger partial charge in [-0.3, -0.25) is 5.10 Å². The van der Waals surface area contributed by atoms with Gasteiger partial charge in [-0.05, 0) is 23.8 Å². The summed E-state index contributed by atoms with van der Waals surface area (Å²) in [5.41, 5.74) is 8.61. The Morgan fingerprint density at radius 3 is 2.42 bits per heavy atom. The molecule has 1 aromatic heterocycles. The van der Waals surface area contributed by atoms with E-state index in [0.29, 0.717) is 11.4 Å². The average molecular weight is 253 g/mol. The van der Waals surface area contributed by atoms with E-state index in [-0.39, 0.29) is 5.82 Å². The predicted octanol–water partition coefficient (Wildman–Crippen LogP) is 3.47. The van der Waals surface area contributed by atoms with Crippen molar-refractivity contribution in [1.82, 2.24) is 10.2 Å². The third-order valence-electron chi connectivity index (χ3n) is 2.96. The molecule has 3 nitrogen and oxygen atoms in total. The quantitative estimate of drug-likeness (QED) is 0.734. The van der Waals surface area contributed by atoms with E-state index in [1.54, 1.807) is 18.2 Å². The molecular weight excluding hydrogens is 241 g/mol. The van der Waals surface area contributed by atoms with Crippen molar-refractivity contribution in [2.45, 2.75) is 0 Å². The Hall–Kier alpha value is -2.62. The summed E-state index contributed by atoms with van der Waals surface area (Å²) in [4.78, 5) is 0. The highest BCUT2D eigenvalue weighted by Crippen LogP contribution is 2.28. The van der Waals surface area contributed by atoms with E-state index in [1.165, 1.54) is 6.07 Å². The van der Waals surface area contributed by atoms with Crippen molar-refractivity contribution in [3.63, 3.8) is 0 Å². The Morgan fingerprint density at radius 1 is 0.947 bits per heavy atom. The lowest BCUT2D eigenvalue weighted by Gasteiger charge is -2.06. The molecule has 1 heterocycles. The normalized spacial score (nSPS) is 10.6. The van der Waals surface area contributed by atoms with Crippen LogP contribution < -0.4 is 5.73 Å². The molecule has 3 aromatic rings.